The van der Waals surface area contributed by atoms with E-state index < -0.39 is 0 Å². The van der Waals surface area contributed by atoms with Gasteiger partial charge in [0.1, 0.15) is 0 Å². The molecule has 1 atom stereocenters. The predicted octanol–water partition coefficient (Wildman–Crippen LogP) is 2.38. The van der Waals surface area contributed by atoms with Crippen LogP contribution < -0.4 is 10.6 Å². The number of carbonyl (C=O) groups excluding carboxylic acids is 1. The Morgan fingerprint density at radius 1 is 1.25 bits per heavy atom. The number of hydrogen-bond donors (Lipinski definition) is 2. The SMILES string of the molecule is CN1CCC(CNC(=O)c2ccccc2NCc2ccccn2)C1. The smallest absolute Gasteiger partial charge is 0.253 e. The summed E-state index contributed by atoms with van der Waals surface area (Å²) in [5, 5.41) is 6.39. The maximum absolute atomic E-state index is 12.5. The molecule has 1 aliphatic heterocycles. The summed E-state index contributed by atoms with van der Waals surface area (Å²) in [7, 11) is 2.12. The summed E-state index contributed by atoms with van der Waals surface area (Å²) in [6.45, 7) is 3.50. The highest BCUT2D eigenvalue weighted by atomic mass is 16.1. The fraction of sp³-hybridized carbons (Fsp3) is 0.368. The van der Waals surface area contributed by atoms with Gasteiger partial charge >= 0.3 is 0 Å². The molecule has 5 heteroatoms. The zero-order valence-corrected chi connectivity index (χ0v) is 14.0. The van der Waals surface area contributed by atoms with Gasteiger partial charge in [0.2, 0.25) is 0 Å². The number of hydrogen-bond acceptors (Lipinski definition) is 4. The van der Waals surface area contributed by atoms with E-state index in [2.05, 4.69) is 27.6 Å². The average molecular weight is 324 g/mol. The highest BCUT2D eigenvalue weighted by molar-refractivity contribution is 5.99. The van der Waals surface area contributed by atoms with Crippen LogP contribution in [0.3, 0.4) is 0 Å². The number of amides is 1. The number of nitrogens with one attached hydrogen (secondary N) is 2. The van der Waals surface area contributed by atoms with Crippen molar-refractivity contribution in [1.29, 1.82) is 0 Å². The predicted molar refractivity (Wildman–Crippen MR) is 95.9 cm³/mol. The molecule has 1 aromatic carbocycles. The molecule has 3 rings (SSSR count). The molecule has 24 heavy (non-hydrogen) atoms. The molecule has 0 aliphatic carbocycles. The summed E-state index contributed by atoms with van der Waals surface area (Å²) in [4.78, 5) is 19.1. The molecule has 2 heterocycles. The molecule has 126 valence electrons. The normalized spacial score (nSPS) is 17.6. The van der Waals surface area contributed by atoms with Crippen molar-refractivity contribution in [2.75, 3.05) is 32.0 Å². The Hall–Kier alpha value is -2.40. The van der Waals surface area contributed by atoms with E-state index in [0.29, 0.717) is 18.0 Å². The number of carbonyl (C=O) groups is 1. The van der Waals surface area contributed by atoms with Gasteiger partial charge in [0.15, 0.2) is 0 Å². The first-order chi connectivity index (χ1) is 11.7. The molecular weight excluding hydrogens is 300 g/mol. The van der Waals surface area contributed by atoms with E-state index in [4.69, 9.17) is 0 Å². The molecule has 0 spiro atoms. The van der Waals surface area contributed by atoms with Crippen molar-refractivity contribution in [2.24, 2.45) is 5.92 Å². The van der Waals surface area contributed by atoms with E-state index in [1.807, 2.05) is 42.5 Å². The molecule has 1 aliphatic rings. The minimum Gasteiger partial charge on any atom is -0.379 e. The lowest BCUT2D eigenvalue weighted by Gasteiger charge is -2.14. The number of pyridine rings is 1. The molecule has 1 fully saturated rings. The second kappa shape index (κ2) is 7.93. The Balaban J connectivity index is 1.59. The monoisotopic (exact) mass is 324 g/mol. The van der Waals surface area contributed by atoms with Crippen molar-refractivity contribution in [2.45, 2.75) is 13.0 Å². The third kappa shape index (κ3) is 4.32. The molecule has 1 unspecified atom stereocenters. The Bertz CT molecular complexity index is 674. The summed E-state index contributed by atoms with van der Waals surface area (Å²) in [5.41, 5.74) is 2.46. The zero-order valence-electron chi connectivity index (χ0n) is 14.0. The third-order valence-corrected chi connectivity index (χ3v) is 4.40. The number of aromatic nitrogens is 1. The number of nitrogens with zero attached hydrogens (tertiary/aromatic N) is 2. The Morgan fingerprint density at radius 3 is 2.83 bits per heavy atom. The lowest BCUT2D eigenvalue weighted by Crippen LogP contribution is -2.31. The van der Waals surface area contributed by atoms with Crippen LogP contribution in [0.2, 0.25) is 0 Å². The average Bonchev–Trinajstić information content (AvgIpc) is 3.04. The molecule has 1 saturated heterocycles. The highest BCUT2D eigenvalue weighted by Crippen LogP contribution is 2.17. The summed E-state index contributed by atoms with van der Waals surface area (Å²) in [6, 6.07) is 13.4. The van der Waals surface area contributed by atoms with E-state index in [1.165, 1.54) is 0 Å². The summed E-state index contributed by atoms with van der Waals surface area (Å²) < 4.78 is 0. The number of benzene rings is 1. The van der Waals surface area contributed by atoms with Crippen LogP contribution in [0.15, 0.2) is 48.7 Å². The van der Waals surface area contributed by atoms with Crippen molar-refractivity contribution in [3.8, 4) is 0 Å². The van der Waals surface area contributed by atoms with E-state index in [0.717, 1.165) is 37.4 Å². The van der Waals surface area contributed by atoms with Gasteiger partial charge in [-0.1, -0.05) is 18.2 Å². The molecule has 5 nitrogen and oxygen atoms in total. The maximum Gasteiger partial charge on any atom is 0.253 e. The van der Waals surface area contributed by atoms with Crippen LogP contribution in [0.5, 0.6) is 0 Å². The highest BCUT2D eigenvalue weighted by Gasteiger charge is 2.20. The molecule has 2 N–H and O–H groups in total. The van der Waals surface area contributed by atoms with Gasteiger partial charge in [-0.05, 0) is 50.2 Å². The van der Waals surface area contributed by atoms with Crippen LogP contribution in [-0.2, 0) is 6.54 Å². The molecule has 1 amide bonds. The van der Waals surface area contributed by atoms with Crippen LogP contribution in [0, 0.1) is 5.92 Å². The minimum atomic E-state index is -0.0197. The van der Waals surface area contributed by atoms with Gasteiger partial charge in [0.25, 0.3) is 5.91 Å². The number of para-hydroxylation sites is 1. The van der Waals surface area contributed by atoms with Crippen LogP contribution in [0.25, 0.3) is 0 Å². The molecule has 0 saturated carbocycles. The minimum absolute atomic E-state index is 0.0197. The van der Waals surface area contributed by atoms with Crippen molar-refractivity contribution < 1.29 is 4.79 Å². The van der Waals surface area contributed by atoms with Gasteiger partial charge in [-0.3, -0.25) is 9.78 Å². The number of likely N-dealkylation sites (tertiary alicyclic amines) is 1. The summed E-state index contributed by atoms with van der Waals surface area (Å²) >= 11 is 0. The first-order valence-electron chi connectivity index (χ1n) is 8.42. The summed E-state index contributed by atoms with van der Waals surface area (Å²) in [5.74, 6) is 0.529. The fourth-order valence-corrected chi connectivity index (χ4v) is 3.05. The number of anilines is 1. The van der Waals surface area contributed by atoms with Gasteiger partial charge in [-0.15, -0.1) is 0 Å². The molecule has 0 bridgehead atoms. The Morgan fingerprint density at radius 2 is 2.08 bits per heavy atom. The zero-order chi connectivity index (χ0) is 16.8. The van der Waals surface area contributed by atoms with Gasteiger partial charge in [0, 0.05) is 25.0 Å². The third-order valence-electron chi connectivity index (χ3n) is 4.40. The first kappa shape index (κ1) is 16.5. The van der Waals surface area contributed by atoms with E-state index >= 15 is 0 Å². The number of rotatable bonds is 6. The van der Waals surface area contributed by atoms with Crippen LogP contribution in [0.4, 0.5) is 5.69 Å². The Kier molecular flexibility index (Phi) is 5.43. The molecule has 0 radical (unpaired) electrons. The Labute approximate surface area is 143 Å². The van der Waals surface area contributed by atoms with Gasteiger partial charge in [0.05, 0.1) is 17.8 Å². The molecule has 1 aromatic heterocycles. The lowest BCUT2D eigenvalue weighted by atomic mass is 10.1. The van der Waals surface area contributed by atoms with E-state index in [9.17, 15) is 4.79 Å². The topological polar surface area (TPSA) is 57.3 Å². The largest absolute Gasteiger partial charge is 0.379 e. The lowest BCUT2D eigenvalue weighted by molar-refractivity contribution is 0.0948. The molecule has 2 aromatic rings. The van der Waals surface area contributed by atoms with Gasteiger partial charge in [-0.25, -0.2) is 0 Å². The standard InChI is InChI=1S/C19H24N4O/c1-23-11-9-15(14-23)12-22-19(24)17-7-2-3-8-18(17)21-13-16-6-4-5-10-20-16/h2-8,10,15,21H,9,11-14H2,1H3,(H,22,24). The van der Waals surface area contributed by atoms with Gasteiger partial charge in [-0.2, -0.15) is 0 Å². The second-order valence-corrected chi connectivity index (χ2v) is 6.35. The van der Waals surface area contributed by atoms with Crippen molar-refractivity contribution in [1.82, 2.24) is 15.2 Å². The van der Waals surface area contributed by atoms with Crippen LogP contribution in [0.1, 0.15) is 22.5 Å². The van der Waals surface area contributed by atoms with Crippen molar-refractivity contribution >= 4 is 11.6 Å². The maximum atomic E-state index is 12.5. The van der Waals surface area contributed by atoms with Crippen molar-refractivity contribution in [3.05, 3.63) is 59.9 Å². The fourth-order valence-electron chi connectivity index (χ4n) is 3.05. The first-order valence-corrected chi connectivity index (χ1v) is 8.42. The van der Waals surface area contributed by atoms with Crippen LogP contribution >= 0.6 is 0 Å². The van der Waals surface area contributed by atoms with Crippen LogP contribution in [-0.4, -0.2) is 42.5 Å². The van der Waals surface area contributed by atoms with Crippen molar-refractivity contribution in [3.63, 3.8) is 0 Å². The second-order valence-electron chi connectivity index (χ2n) is 6.35. The molecular formula is C19H24N4O. The van der Waals surface area contributed by atoms with E-state index in [-0.39, 0.29) is 5.91 Å². The van der Waals surface area contributed by atoms with E-state index in [1.54, 1.807) is 6.20 Å². The quantitative estimate of drug-likeness (QED) is 0.856. The summed E-state index contributed by atoms with van der Waals surface area (Å²) in [6.07, 6.45) is 2.92. The van der Waals surface area contributed by atoms with Gasteiger partial charge < -0.3 is 15.5 Å².